The fourth-order valence-corrected chi connectivity index (χ4v) is 2.58. The third-order valence-electron chi connectivity index (χ3n) is 4.10. The SMILES string of the molecule is Cl.Cn1cc(N(CC2CO2)CC2CO2)cc1C(=O)NCCC(N)=NC#N. The molecule has 1 aromatic heterocycles. The van der Waals surface area contributed by atoms with Gasteiger partial charge in [-0.1, -0.05) is 0 Å². The molecule has 0 saturated carbocycles. The van der Waals surface area contributed by atoms with Crippen molar-refractivity contribution in [2.45, 2.75) is 18.6 Å². The van der Waals surface area contributed by atoms with Crippen LogP contribution in [0.5, 0.6) is 0 Å². The van der Waals surface area contributed by atoms with Gasteiger partial charge in [0.25, 0.3) is 5.91 Å². The van der Waals surface area contributed by atoms with Crippen LogP contribution in [-0.4, -0.2) is 61.4 Å². The summed E-state index contributed by atoms with van der Waals surface area (Å²) in [5.74, 6) is 0.0132. The van der Waals surface area contributed by atoms with Crippen molar-refractivity contribution in [3.63, 3.8) is 0 Å². The summed E-state index contributed by atoms with van der Waals surface area (Å²) in [7, 11) is 1.84. The number of nitrogens with one attached hydrogen (secondary N) is 1. The Balaban J connectivity index is 0.00000243. The number of nitrogens with zero attached hydrogens (tertiary/aromatic N) is 4. The number of hydrogen-bond donors (Lipinski definition) is 2. The summed E-state index contributed by atoms with van der Waals surface area (Å²) >= 11 is 0. The molecule has 1 amide bonds. The van der Waals surface area contributed by atoms with Gasteiger partial charge in [0.1, 0.15) is 11.5 Å². The second kappa shape index (κ2) is 8.89. The highest BCUT2D eigenvalue weighted by Gasteiger charge is 2.31. The highest BCUT2D eigenvalue weighted by Crippen LogP contribution is 2.24. The van der Waals surface area contributed by atoms with Crippen LogP contribution in [0.3, 0.4) is 0 Å². The van der Waals surface area contributed by atoms with E-state index in [4.69, 9.17) is 20.5 Å². The molecule has 2 unspecified atom stereocenters. The molecule has 3 heterocycles. The molecule has 2 aliphatic rings. The monoisotopic (exact) mass is 382 g/mol. The molecule has 1 aromatic rings. The number of nitriles is 1. The Morgan fingerprint density at radius 1 is 1.46 bits per heavy atom. The minimum atomic E-state index is -0.191. The van der Waals surface area contributed by atoms with E-state index >= 15 is 0 Å². The maximum Gasteiger partial charge on any atom is 0.267 e. The van der Waals surface area contributed by atoms with E-state index in [1.54, 1.807) is 10.8 Å². The Bertz CT molecular complexity index is 691. The summed E-state index contributed by atoms with van der Waals surface area (Å²) in [6.45, 7) is 3.49. The summed E-state index contributed by atoms with van der Waals surface area (Å²) in [4.78, 5) is 18.0. The van der Waals surface area contributed by atoms with Gasteiger partial charge in [-0.05, 0) is 6.07 Å². The summed E-state index contributed by atoms with van der Waals surface area (Å²) in [6, 6.07) is 1.87. The van der Waals surface area contributed by atoms with Gasteiger partial charge in [0.15, 0.2) is 0 Å². The fourth-order valence-electron chi connectivity index (χ4n) is 2.58. The van der Waals surface area contributed by atoms with Crippen molar-refractivity contribution < 1.29 is 14.3 Å². The molecule has 2 atom stereocenters. The van der Waals surface area contributed by atoms with Crippen LogP contribution in [0.1, 0.15) is 16.9 Å². The van der Waals surface area contributed by atoms with Gasteiger partial charge in [-0.15, -0.1) is 12.4 Å². The van der Waals surface area contributed by atoms with E-state index in [1.807, 2.05) is 19.3 Å². The van der Waals surface area contributed by atoms with E-state index < -0.39 is 0 Å². The number of aliphatic imine (C=N–C) groups is 1. The first-order valence-corrected chi connectivity index (χ1v) is 8.20. The molecule has 0 aliphatic carbocycles. The quantitative estimate of drug-likeness (QED) is 0.268. The molecule has 26 heavy (non-hydrogen) atoms. The average molecular weight is 383 g/mol. The van der Waals surface area contributed by atoms with E-state index in [0.29, 0.717) is 18.7 Å². The third kappa shape index (κ3) is 5.62. The molecule has 0 spiro atoms. The zero-order valence-electron chi connectivity index (χ0n) is 14.6. The topological polar surface area (TPSA) is 124 Å². The minimum Gasteiger partial charge on any atom is -0.386 e. The van der Waals surface area contributed by atoms with Crippen molar-refractivity contribution in [3.05, 3.63) is 18.0 Å². The van der Waals surface area contributed by atoms with Crippen molar-refractivity contribution in [3.8, 4) is 6.19 Å². The van der Waals surface area contributed by atoms with Gasteiger partial charge in [0.05, 0.1) is 31.1 Å². The first-order chi connectivity index (χ1) is 12.1. The van der Waals surface area contributed by atoms with Gasteiger partial charge >= 0.3 is 0 Å². The first-order valence-electron chi connectivity index (χ1n) is 8.20. The molecule has 0 bridgehead atoms. The summed E-state index contributed by atoms with van der Waals surface area (Å²) < 4.78 is 12.5. The molecule has 3 N–H and O–H groups in total. The normalized spacial score (nSPS) is 20.7. The lowest BCUT2D eigenvalue weighted by atomic mass is 10.3. The fraction of sp³-hybridized carbons (Fsp3) is 0.562. The van der Waals surface area contributed by atoms with Gasteiger partial charge in [0.2, 0.25) is 6.19 Å². The lowest BCUT2D eigenvalue weighted by Gasteiger charge is -2.21. The number of rotatable bonds is 9. The average Bonchev–Trinajstić information content (AvgIpc) is 3.49. The Hall–Kier alpha value is -2.28. The number of epoxide rings is 2. The van der Waals surface area contributed by atoms with Crippen molar-refractivity contribution in [1.29, 1.82) is 5.26 Å². The first kappa shape index (κ1) is 20.0. The van der Waals surface area contributed by atoms with Crippen LogP contribution >= 0.6 is 12.4 Å². The van der Waals surface area contributed by atoms with Crippen LogP contribution in [0.25, 0.3) is 0 Å². The van der Waals surface area contributed by atoms with Crippen LogP contribution in [0.4, 0.5) is 5.69 Å². The number of carbonyl (C=O) groups excluding carboxylic acids is 1. The second-order valence-electron chi connectivity index (χ2n) is 6.22. The molecule has 2 saturated heterocycles. The lowest BCUT2D eigenvalue weighted by Crippen LogP contribution is -2.31. The molecule has 142 valence electrons. The molecule has 10 heteroatoms. The van der Waals surface area contributed by atoms with Gasteiger partial charge < -0.3 is 30.0 Å². The van der Waals surface area contributed by atoms with E-state index in [-0.39, 0.29) is 36.4 Å². The third-order valence-corrected chi connectivity index (χ3v) is 4.10. The van der Waals surface area contributed by atoms with Gasteiger partial charge in [0, 0.05) is 39.3 Å². The Kier molecular flexibility index (Phi) is 6.85. The molecule has 0 aromatic carbocycles. The zero-order valence-corrected chi connectivity index (χ0v) is 15.4. The molecule has 9 nitrogen and oxygen atoms in total. The van der Waals surface area contributed by atoms with Gasteiger partial charge in [-0.25, -0.2) is 0 Å². The Morgan fingerprint density at radius 3 is 2.62 bits per heavy atom. The highest BCUT2D eigenvalue weighted by molar-refractivity contribution is 5.94. The van der Waals surface area contributed by atoms with Gasteiger partial charge in [-0.3, -0.25) is 4.79 Å². The maximum absolute atomic E-state index is 12.4. The van der Waals surface area contributed by atoms with Crippen LogP contribution in [-0.2, 0) is 16.5 Å². The number of nitrogens with two attached hydrogens (primary N) is 1. The number of amidine groups is 1. The number of carbonyl (C=O) groups is 1. The van der Waals surface area contributed by atoms with E-state index in [1.165, 1.54) is 0 Å². The van der Waals surface area contributed by atoms with Crippen molar-refractivity contribution in [2.75, 3.05) is 37.7 Å². The number of hydrogen-bond acceptors (Lipinski definition) is 6. The predicted octanol–water partition coefficient (Wildman–Crippen LogP) is 0.00908. The van der Waals surface area contributed by atoms with Crippen LogP contribution < -0.4 is 16.0 Å². The summed E-state index contributed by atoms with van der Waals surface area (Å²) in [6.07, 6.45) is 4.42. The Morgan fingerprint density at radius 2 is 2.08 bits per heavy atom. The van der Waals surface area contributed by atoms with Gasteiger partial charge in [-0.2, -0.15) is 10.3 Å². The molecular weight excluding hydrogens is 360 g/mol. The van der Waals surface area contributed by atoms with Crippen molar-refractivity contribution in [1.82, 2.24) is 9.88 Å². The number of anilines is 1. The van der Waals surface area contributed by atoms with E-state index in [0.717, 1.165) is 32.0 Å². The standard InChI is InChI=1S/C16H22N6O3.ClH/c1-21-5-11(22(6-12-8-24-12)7-13-9-25-13)4-14(21)16(23)19-3-2-15(18)20-10-17;/h4-5,12-13H,2-3,6-9H2,1H3,(H2,18,20)(H,19,23);1H. The van der Waals surface area contributed by atoms with Crippen molar-refractivity contribution in [2.24, 2.45) is 17.8 Å². The molecule has 2 aliphatic heterocycles. The maximum atomic E-state index is 12.4. The van der Waals surface area contributed by atoms with Crippen molar-refractivity contribution >= 4 is 29.8 Å². The number of halogens is 1. The number of aromatic nitrogens is 1. The minimum absolute atomic E-state index is 0. The second-order valence-corrected chi connectivity index (χ2v) is 6.22. The highest BCUT2D eigenvalue weighted by atomic mass is 35.5. The molecule has 2 fully saturated rings. The van der Waals surface area contributed by atoms with E-state index in [2.05, 4.69) is 15.2 Å². The van der Waals surface area contributed by atoms with Crippen LogP contribution in [0.15, 0.2) is 17.3 Å². The molecule has 3 rings (SSSR count). The smallest absolute Gasteiger partial charge is 0.267 e. The van der Waals surface area contributed by atoms with Crippen LogP contribution in [0.2, 0.25) is 0 Å². The summed E-state index contributed by atoms with van der Waals surface area (Å²) in [5.41, 5.74) is 7.06. The largest absolute Gasteiger partial charge is 0.386 e. The number of amides is 1. The number of aryl methyl sites for hydroxylation is 1. The molecular formula is C16H23ClN6O3. The number of ether oxygens (including phenoxy) is 2. The summed E-state index contributed by atoms with van der Waals surface area (Å²) in [5, 5.41) is 11.2. The van der Waals surface area contributed by atoms with E-state index in [9.17, 15) is 4.79 Å². The zero-order chi connectivity index (χ0) is 17.8. The Labute approximate surface area is 158 Å². The van der Waals surface area contributed by atoms with Crippen LogP contribution in [0, 0.1) is 11.5 Å². The lowest BCUT2D eigenvalue weighted by molar-refractivity contribution is 0.0946. The predicted molar refractivity (Wildman–Crippen MR) is 98.5 cm³/mol. The molecule has 0 radical (unpaired) electrons.